The van der Waals surface area contributed by atoms with Crippen molar-refractivity contribution in [3.05, 3.63) is 0 Å². The maximum atomic E-state index is 5.88. The van der Waals surface area contributed by atoms with Crippen molar-refractivity contribution in [1.29, 1.82) is 0 Å². The van der Waals surface area contributed by atoms with Crippen molar-refractivity contribution in [1.82, 2.24) is 0 Å². The van der Waals surface area contributed by atoms with E-state index in [-0.39, 0.29) is 5.79 Å². The number of ether oxygens (including phenoxy) is 2. The zero-order valence-corrected chi connectivity index (χ0v) is 10.3. The molecule has 0 amide bonds. The summed E-state index contributed by atoms with van der Waals surface area (Å²) < 4.78 is 11.7. The molecule has 2 heteroatoms. The molecule has 0 saturated heterocycles. The third-order valence-corrected chi connectivity index (χ3v) is 2.24. The molecular formula is C12H26O2. The molecule has 0 aromatic rings. The monoisotopic (exact) mass is 202 g/mol. The molecule has 86 valence electrons. The van der Waals surface area contributed by atoms with E-state index in [1.165, 1.54) is 0 Å². The van der Waals surface area contributed by atoms with Crippen molar-refractivity contribution < 1.29 is 9.47 Å². The Bertz CT molecular complexity index is 106. The van der Waals surface area contributed by atoms with E-state index in [4.69, 9.17) is 9.47 Å². The Hall–Kier alpha value is -0.0800. The first-order valence-corrected chi connectivity index (χ1v) is 6.02. The van der Waals surface area contributed by atoms with Crippen molar-refractivity contribution in [3.63, 3.8) is 0 Å². The second kappa shape index (κ2) is 8.25. The van der Waals surface area contributed by atoms with Crippen molar-refractivity contribution >= 4 is 0 Å². The van der Waals surface area contributed by atoms with Gasteiger partial charge < -0.3 is 9.47 Å². The molecule has 14 heavy (non-hydrogen) atoms. The van der Waals surface area contributed by atoms with E-state index < -0.39 is 0 Å². The van der Waals surface area contributed by atoms with Gasteiger partial charge >= 0.3 is 0 Å². The van der Waals surface area contributed by atoms with Gasteiger partial charge in [0.15, 0.2) is 5.79 Å². The van der Waals surface area contributed by atoms with Crippen LogP contribution in [0.5, 0.6) is 0 Å². The van der Waals surface area contributed by atoms with Crippen molar-refractivity contribution in [3.8, 4) is 0 Å². The van der Waals surface area contributed by atoms with Crippen LogP contribution in [0.1, 0.15) is 59.8 Å². The Balaban J connectivity index is 4.21. The summed E-state index contributed by atoms with van der Waals surface area (Å²) in [6.07, 6.45) is 5.30. The number of hydrogen-bond acceptors (Lipinski definition) is 2. The Labute approximate surface area is 89.0 Å². The molecule has 2 nitrogen and oxygen atoms in total. The molecule has 0 bridgehead atoms. The van der Waals surface area contributed by atoms with Gasteiger partial charge in [0.1, 0.15) is 0 Å². The summed E-state index contributed by atoms with van der Waals surface area (Å²) in [4.78, 5) is 0. The van der Waals surface area contributed by atoms with Crippen LogP contribution in [0.3, 0.4) is 0 Å². The summed E-state index contributed by atoms with van der Waals surface area (Å²) >= 11 is 0. The average Bonchev–Trinajstić information content (AvgIpc) is 2.16. The lowest BCUT2D eigenvalue weighted by molar-refractivity contribution is -0.243. The minimum atomic E-state index is -0.297. The largest absolute Gasteiger partial charge is 0.350 e. The van der Waals surface area contributed by atoms with Crippen molar-refractivity contribution in [2.75, 3.05) is 13.2 Å². The molecule has 0 aliphatic rings. The number of rotatable bonds is 9. The Morgan fingerprint density at radius 3 is 1.71 bits per heavy atom. The number of hydrogen-bond donors (Lipinski definition) is 0. The van der Waals surface area contributed by atoms with Crippen LogP contribution in [0.2, 0.25) is 0 Å². The van der Waals surface area contributed by atoms with Gasteiger partial charge in [0, 0.05) is 26.1 Å². The predicted octanol–water partition coefficient (Wildman–Crippen LogP) is 3.75. The molecule has 0 aliphatic carbocycles. The second-order valence-corrected chi connectivity index (χ2v) is 3.69. The summed E-state index contributed by atoms with van der Waals surface area (Å²) in [5, 5.41) is 0. The average molecular weight is 202 g/mol. The smallest absolute Gasteiger partial charge is 0.168 e. The summed E-state index contributed by atoms with van der Waals surface area (Å²) in [5.74, 6) is -0.297. The lowest BCUT2D eigenvalue weighted by Gasteiger charge is -2.33. The molecule has 0 aromatic carbocycles. The van der Waals surface area contributed by atoms with Crippen LogP contribution in [0.15, 0.2) is 0 Å². The van der Waals surface area contributed by atoms with E-state index in [0.29, 0.717) is 0 Å². The van der Waals surface area contributed by atoms with E-state index in [1.54, 1.807) is 0 Å². The third-order valence-electron chi connectivity index (χ3n) is 2.24. The highest BCUT2D eigenvalue weighted by Gasteiger charge is 2.29. The standard InChI is InChI=1S/C12H26O2/c1-5-9-12(10-6-2,13-8-4)14-11-7-3/h5-11H2,1-4H3. The predicted molar refractivity (Wildman–Crippen MR) is 60.4 cm³/mol. The summed E-state index contributed by atoms with van der Waals surface area (Å²) in [6, 6.07) is 0. The lowest BCUT2D eigenvalue weighted by atomic mass is 10.1. The van der Waals surface area contributed by atoms with Crippen LogP contribution in [-0.4, -0.2) is 19.0 Å². The lowest BCUT2D eigenvalue weighted by Crippen LogP contribution is -2.36. The summed E-state index contributed by atoms with van der Waals surface area (Å²) in [5.41, 5.74) is 0. The van der Waals surface area contributed by atoms with E-state index >= 15 is 0 Å². The van der Waals surface area contributed by atoms with Crippen molar-refractivity contribution in [2.24, 2.45) is 0 Å². The highest BCUT2D eigenvalue weighted by atomic mass is 16.7. The molecule has 0 aromatic heterocycles. The van der Waals surface area contributed by atoms with Gasteiger partial charge in [-0.15, -0.1) is 0 Å². The molecule has 0 rings (SSSR count). The van der Waals surface area contributed by atoms with E-state index in [0.717, 1.165) is 45.3 Å². The first-order valence-electron chi connectivity index (χ1n) is 6.02. The van der Waals surface area contributed by atoms with Crippen LogP contribution >= 0.6 is 0 Å². The van der Waals surface area contributed by atoms with Gasteiger partial charge in [0.2, 0.25) is 0 Å². The maximum Gasteiger partial charge on any atom is 0.168 e. The van der Waals surface area contributed by atoms with Gasteiger partial charge in [0.25, 0.3) is 0 Å². The highest BCUT2D eigenvalue weighted by molar-refractivity contribution is 4.69. The van der Waals surface area contributed by atoms with Crippen LogP contribution in [0, 0.1) is 0 Å². The normalized spacial score (nSPS) is 12.0. The zero-order chi connectivity index (χ0) is 10.9. The molecule has 0 fully saturated rings. The van der Waals surface area contributed by atoms with Gasteiger partial charge in [-0.25, -0.2) is 0 Å². The van der Waals surface area contributed by atoms with Crippen LogP contribution in [0.4, 0.5) is 0 Å². The molecular weight excluding hydrogens is 176 g/mol. The van der Waals surface area contributed by atoms with Crippen LogP contribution in [-0.2, 0) is 9.47 Å². The van der Waals surface area contributed by atoms with E-state index in [9.17, 15) is 0 Å². The zero-order valence-electron chi connectivity index (χ0n) is 10.3. The Morgan fingerprint density at radius 1 is 0.786 bits per heavy atom. The van der Waals surface area contributed by atoms with Gasteiger partial charge in [-0.2, -0.15) is 0 Å². The SMILES string of the molecule is CCCOC(CCC)(CCC)OCC. The second-order valence-electron chi connectivity index (χ2n) is 3.69. The van der Waals surface area contributed by atoms with Crippen LogP contribution < -0.4 is 0 Å². The molecule has 0 N–H and O–H groups in total. The first kappa shape index (κ1) is 13.9. The van der Waals surface area contributed by atoms with Gasteiger partial charge in [-0.3, -0.25) is 0 Å². The molecule has 0 radical (unpaired) electrons. The molecule has 0 atom stereocenters. The van der Waals surface area contributed by atoms with Crippen LogP contribution in [0.25, 0.3) is 0 Å². The third kappa shape index (κ3) is 4.97. The topological polar surface area (TPSA) is 18.5 Å². The molecule has 0 unspecified atom stereocenters. The van der Waals surface area contributed by atoms with Gasteiger partial charge in [0.05, 0.1) is 0 Å². The Morgan fingerprint density at radius 2 is 1.36 bits per heavy atom. The highest BCUT2D eigenvalue weighted by Crippen LogP contribution is 2.26. The molecule has 0 saturated carbocycles. The fourth-order valence-electron chi connectivity index (χ4n) is 1.77. The fraction of sp³-hybridized carbons (Fsp3) is 1.00. The quantitative estimate of drug-likeness (QED) is 0.530. The van der Waals surface area contributed by atoms with E-state index in [1.807, 2.05) is 6.92 Å². The fourth-order valence-corrected chi connectivity index (χ4v) is 1.77. The molecule has 0 heterocycles. The van der Waals surface area contributed by atoms with Gasteiger partial charge in [-0.05, 0) is 13.3 Å². The van der Waals surface area contributed by atoms with Gasteiger partial charge in [-0.1, -0.05) is 33.6 Å². The van der Waals surface area contributed by atoms with Crippen molar-refractivity contribution in [2.45, 2.75) is 65.6 Å². The Kier molecular flexibility index (Phi) is 8.20. The first-order chi connectivity index (χ1) is 6.74. The minimum Gasteiger partial charge on any atom is -0.350 e. The summed E-state index contributed by atoms with van der Waals surface area (Å²) in [6.45, 7) is 10.1. The molecule has 0 spiro atoms. The maximum absolute atomic E-state index is 5.88. The summed E-state index contributed by atoms with van der Waals surface area (Å²) in [7, 11) is 0. The van der Waals surface area contributed by atoms with E-state index in [2.05, 4.69) is 20.8 Å². The minimum absolute atomic E-state index is 0.297. The molecule has 0 aliphatic heterocycles.